The van der Waals surface area contributed by atoms with Gasteiger partial charge < -0.3 is 9.15 Å². The van der Waals surface area contributed by atoms with Gasteiger partial charge >= 0.3 is 5.63 Å². The number of carbonyl (C=O) groups is 1. The second-order valence-corrected chi connectivity index (χ2v) is 6.76. The molecule has 2 aromatic carbocycles. The number of thiazole rings is 1. The van der Waals surface area contributed by atoms with Crippen LogP contribution in [0.15, 0.2) is 57.7 Å². The smallest absolute Gasteiger partial charge is 0.336 e. The lowest BCUT2D eigenvalue weighted by Gasteiger charge is -2.06. The largest absolute Gasteiger partial charge is 0.484 e. The number of ether oxygens (including phenoxy) is 1. The number of hydrogen-bond donors (Lipinski definition) is 1. The molecule has 0 saturated carbocycles. The molecule has 0 saturated heterocycles. The van der Waals surface area contributed by atoms with Gasteiger partial charge in [-0.25, -0.2) is 9.78 Å². The van der Waals surface area contributed by atoms with Gasteiger partial charge in [0.15, 0.2) is 11.7 Å². The monoisotopic (exact) mass is 366 g/mol. The highest BCUT2D eigenvalue weighted by atomic mass is 32.1. The Labute approximate surface area is 152 Å². The van der Waals surface area contributed by atoms with Crippen molar-refractivity contribution in [1.82, 2.24) is 4.98 Å². The topological polar surface area (TPSA) is 81.4 Å². The van der Waals surface area contributed by atoms with E-state index in [0.717, 1.165) is 21.2 Å². The summed E-state index contributed by atoms with van der Waals surface area (Å²) in [7, 11) is 0. The van der Waals surface area contributed by atoms with E-state index in [-0.39, 0.29) is 12.5 Å². The summed E-state index contributed by atoms with van der Waals surface area (Å²) >= 11 is 1.42. The molecule has 0 aliphatic heterocycles. The highest BCUT2D eigenvalue weighted by Gasteiger charge is 2.10. The fraction of sp³-hybridized carbons (Fsp3) is 0.105. The quantitative estimate of drug-likeness (QED) is 0.557. The first-order valence-corrected chi connectivity index (χ1v) is 8.73. The van der Waals surface area contributed by atoms with E-state index in [1.807, 2.05) is 25.1 Å². The Kier molecular flexibility index (Phi) is 4.14. The van der Waals surface area contributed by atoms with Crippen molar-refractivity contribution in [2.75, 3.05) is 11.9 Å². The number of anilines is 1. The fourth-order valence-corrected chi connectivity index (χ4v) is 3.53. The predicted octanol–water partition coefficient (Wildman–Crippen LogP) is 3.73. The molecule has 0 radical (unpaired) electrons. The van der Waals surface area contributed by atoms with Gasteiger partial charge in [-0.3, -0.25) is 10.1 Å². The maximum Gasteiger partial charge on any atom is 0.336 e. The van der Waals surface area contributed by atoms with Gasteiger partial charge in [0.05, 0.1) is 10.2 Å². The molecule has 6 nitrogen and oxygen atoms in total. The summed E-state index contributed by atoms with van der Waals surface area (Å²) in [6, 6.07) is 14.0. The van der Waals surface area contributed by atoms with Gasteiger partial charge in [0, 0.05) is 17.5 Å². The van der Waals surface area contributed by atoms with Gasteiger partial charge in [-0.1, -0.05) is 23.5 Å². The lowest BCUT2D eigenvalue weighted by atomic mass is 10.2. The van der Waals surface area contributed by atoms with E-state index < -0.39 is 5.63 Å². The van der Waals surface area contributed by atoms with Gasteiger partial charge in [0.2, 0.25) is 0 Å². The SMILES string of the molecule is Cc1cccc2sc(NC(=O)COc3ccc4ccc(=O)oc4c3)nc12. The van der Waals surface area contributed by atoms with Gasteiger partial charge in [-0.05, 0) is 36.8 Å². The zero-order valence-corrected chi connectivity index (χ0v) is 14.6. The summed E-state index contributed by atoms with van der Waals surface area (Å²) in [5.41, 5.74) is 1.93. The van der Waals surface area contributed by atoms with Gasteiger partial charge in [0.1, 0.15) is 11.3 Å². The Morgan fingerprint density at radius 3 is 2.92 bits per heavy atom. The predicted molar refractivity (Wildman–Crippen MR) is 101 cm³/mol. The zero-order chi connectivity index (χ0) is 18.1. The van der Waals surface area contributed by atoms with Crippen LogP contribution in [0.2, 0.25) is 0 Å². The Balaban J connectivity index is 1.44. The summed E-state index contributed by atoms with van der Waals surface area (Å²) in [4.78, 5) is 27.8. The molecular weight excluding hydrogens is 352 g/mol. The van der Waals surface area contributed by atoms with Gasteiger partial charge in [-0.15, -0.1) is 0 Å². The molecule has 26 heavy (non-hydrogen) atoms. The maximum atomic E-state index is 12.1. The van der Waals surface area contributed by atoms with Crippen LogP contribution in [0.1, 0.15) is 5.56 Å². The summed E-state index contributed by atoms with van der Waals surface area (Å²) in [5, 5.41) is 4.06. The highest BCUT2D eigenvalue weighted by molar-refractivity contribution is 7.22. The molecule has 130 valence electrons. The molecule has 1 N–H and O–H groups in total. The summed E-state index contributed by atoms with van der Waals surface area (Å²) in [6.07, 6.45) is 0. The summed E-state index contributed by atoms with van der Waals surface area (Å²) < 4.78 is 11.6. The molecule has 0 fully saturated rings. The van der Waals surface area contributed by atoms with E-state index in [9.17, 15) is 9.59 Å². The number of benzene rings is 2. The van der Waals surface area contributed by atoms with Crippen molar-refractivity contribution in [3.05, 3.63) is 64.5 Å². The number of nitrogens with one attached hydrogen (secondary N) is 1. The van der Waals surface area contributed by atoms with Gasteiger partial charge in [-0.2, -0.15) is 0 Å². The van der Waals surface area contributed by atoms with Crippen LogP contribution < -0.4 is 15.7 Å². The fourth-order valence-electron chi connectivity index (χ4n) is 2.57. The minimum atomic E-state index is -0.432. The van der Waals surface area contributed by atoms with Crippen LogP contribution in [-0.4, -0.2) is 17.5 Å². The van der Waals surface area contributed by atoms with Crippen molar-refractivity contribution in [1.29, 1.82) is 0 Å². The van der Waals surface area contributed by atoms with Crippen LogP contribution in [0.4, 0.5) is 5.13 Å². The normalized spacial score (nSPS) is 11.0. The number of aromatic nitrogens is 1. The molecule has 2 aromatic heterocycles. The van der Waals surface area contributed by atoms with Crippen LogP contribution in [-0.2, 0) is 4.79 Å². The molecule has 0 aliphatic rings. The first-order valence-electron chi connectivity index (χ1n) is 7.91. The molecule has 2 heterocycles. The van der Waals surface area contributed by atoms with Crippen molar-refractivity contribution in [2.45, 2.75) is 6.92 Å². The van der Waals surface area contributed by atoms with Crippen LogP contribution >= 0.6 is 11.3 Å². The highest BCUT2D eigenvalue weighted by Crippen LogP contribution is 2.27. The lowest BCUT2D eigenvalue weighted by molar-refractivity contribution is -0.118. The summed E-state index contributed by atoms with van der Waals surface area (Å²) in [5.74, 6) is 0.137. The molecule has 0 spiro atoms. The van der Waals surface area contributed by atoms with Crippen molar-refractivity contribution in [3.63, 3.8) is 0 Å². The van der Waals surface area contributed by atoms with Crippen molar-refractivity contribution in [3.8, 4) is 5.75 Å². The van der Waals surface area contributed by atoms with E-state index in [4.69, 9.17) is 9.15 Å². The average molecular weight is 366 g/mol. The number of hydrogen-bond acceptors (Lipinski definition) is 6. The molecule has 0 aliphatic carbocycles. The third kappa shape index (κ3) is 3.29. The standard InChI is InChI=1S/C19H14N2O4S/c1-11-3-2-4-15-18(11)21-19(26-15)20-16(22)10-24-13-7-5-12-6-8-17(23)25-14(12)9-13/h2-9H,10H2,1H3,(H,20,21,22). The molecule has 0 bridgehead atoms. The second-order valence-electron chi connectivity index (χ2n) is 5.73. The first kappa shape index (κ1) is 16.3. The van der Waals surface area contributed by atoms with E-state index in [1.54, 1.807) is 24.3 Å². The molecular formula is C19H14N2O4S. The van der Waals surface area contributed by atoms with E-state index in [1.165, 1.54) is 17.4 Å². The Morgan fingerprint density at radius 2 is 2.08 bits per heavy atom. The molecule has 0 atom stereocenters. The number of rotatable bonds is 4. The van der Waals surface area contributed by atoms with Crippen LogP contribution in [0, 0.1) is 6.92 Å². The third-order valence-corrected chi connectivity index (χ3v) is 4.77. The van der Waals surface area contributed by atoms with Crippen molar-refractivity contribution >= 4 is 43.6 Å². The molecule has 4 aromatic rings. The van der Waals surface area contributed by atoms with Crippen molar-refractivity contribution < 1.29 is 13.9 Å². The van der Waals surface area contributed by atoms with Crippen LogP contribution in [0.5, 0.6) is 5.75 Å². The first-order chi connectivity index (χ1) is 12.6. The van der Waals surface area contributed by atoms with Crippen molar-refractivity contribution in [2.24, 2.45) is 0 Å². The Bertz CT molecular complexity index is 1180. The van der Waals surface area contributed by atoms with E-state index >= 15 is 0 Å². The zero-order valence-electron chi connectivity index (χ0n) is 13.8. The average Bonchev–Trinajstić information content (AvgIpc) is 3.03. The van der Waals surface area contributed by atoms with Crippen LogP contribution in [0.25, 0.3) is 21.2 Å². The number of para-hydroxylation sites is 1. The lowest BCUT2D eigenvalue weighted by Crippen LogP contribution is -2.20. The Hall–Kier alpha value is -3.19. The number of fused-ring (bicyclic) bond motifs is 2. The minimum Gasteiger partial charge on any atom is -0.484 e. The molecule has 7 heteroatoms. The number of aryl methyl sites for hydroxylation is 1. The third-order valence-electron chi connectivity index (χ3n) is 3.83. The minimum absolute atomic E-state index is 0.169. The maximum absolute atomic E-state index is 12.1. The second kappa shape index (κ2) is 6.61. The molecule has 1 amide bonds. The number of nitrogens with zero attached hydrogens (tertiary/aromatic N) is 1. The molecule has 0 unspecified atom stereocenters. The Morgan fingerprint density at radius 1 is 1.23 bits per heavy atom. The van der Waals surface area contributed by atoms with Crippen LogP contribution in [0.3, 0.4) is 0 Å². The van der Waals surface area contributed by atoms with E-state index in [0.29, 0.717) is 16.5 Å². The summed E-state index contributed by atoms with van der Waals surface area (Å²) in [6.45, 7) is 1.81. The van der Waals surface area contributed by atoms with Gasteiger partial charge in [0.25, 0.3) is 5.91 Å². The van der Waals surface area contributed by atoms with E-state index in [2.05, 4.69) is 10.3 Å². The number of carbonyl (C=O) groups excluding carboxylic acids is 1. The number of amides is 1. The molecule has 4 rings (SSSR count).